The summed E-state index contributed by atoms with van der Waals surface area (Å²) in [7, 11) is 0. The molecule has 1 fully saturated rings. The number of rotatable bonds is 7. The van der Waals surface area contributed by atoms with Crippen molar-refractivity contribution in [3.05, 3.63) is 24.2 Å². The first-order chi connectivity index (χ1) is 9.65. The number of carbonyl (C=O) groups excluding carboxylic acids is 1. The van der Waals surface area contributed by atoms with Crippen molar-refractivity contribution in [2.75, 3.05) is 6.54 Å². The summed E-state index contributed by atoms with van der Waals surface area (Å²) in [6.45, 7) is 5.58. The van der Waals surface area contributed by atoms with Crippen molar-refractivity contribution in [1.29, 1.82) is 0 Å². The van der Waals surface area contributed by atoms with Gasteiger partial charge < -0.3 is 15.1 Å². The third-order valence-corrected chi connectivity index (χ3v) is 4.61. The lowest BCUT2D eigenvalue weighted by atomic mass is 9.83. The zero-order chi connectivity index (χ0) is 14.4. The van der Waals surface area contributed by atoms with E-state index in [0.717, 1.165) is 12.3 Å². The number of amides is 1. The molecule has 0 bridgehead atoms. The van der Waals surface area contributed by atoms with Crippen LogP contribution in [0.4, 0.5) is 0 Å². The minimum Gasteiger partial charge on any atom is -0.467 e. The third kappa shape index (κ3) is 3.85. The first-order valence-corrected chi connectivity index (χ1v) is 7.69. The molecular weight excluding hydrogens is 252 g/mol. The summed E-state index contributed by atoms with van der Waals surface area (Å²) in [5, 5.41) is 6.30. The Balaban J connectivity index is 1.73. The van der Waals surface area contributed by atoms with Crippen LogP contribution in [0.1, 0.15) is 51.7 Å². The summed E-state index contributed by atoms with van der Waals surface area (Å²) in [5.41, 5.74) is 0.412. The van der Waals surface area contributed by atoms with Gasteiger partial charge in [-0.25, -0.2) is 0 Å². The van der Waals surface area contributed by atoms with E-state index in [0.29, 0.717) is 12.0 Å². The molecule has 1 aliphatic carbocycles. The van der Waals surface area contributed by atoms with Gasteiger partial charge in [0.1, 0.15) is 5.76 Å². The maximum Gasteiger partial charge on any atom is 0.237 e. The maximum absolute atomic E-state index is 12.0. The van der Waals surface area contributed by atoms with E-state index in [2.05, 4.69) is 17.6 Å². The molecule has 4 nitrogen and oxygen atoms in total. The fourth-order valence-electron chi connectivity index (χ4n) is 2.98. The lowest BCUT2D eigenvalue weighted by Crippen LogP contribution is -2.45. The van der Waals surface area contributed by atoms with Gasteiger partial charge in [-0.3, -0.25) is 4.79 Å². The molecule has 4 heteroatoms. The summed E-state index contributed by atoms with van der Waals surface area (Å²) in [5.74, 6) is 0.817. The van der Waals surface area contributed by atoms with Gasteiger partial charge in [0.15, 0.2) is 0 Å². The smallest absolute Gasteiger partial charge is 0.237 e. The van der Waals surface area contributed by atoms with E-state index in [1.807, 2.05) is 19.1 Å². The molecule has 1 unspecified atom stereocenters. The quantitative estimate of drug-likeness (QED) is 0.806. The lowest BCUT2D eigenvalue weighted by Gasteiger charge is -2.29. The van der Waals surface area contributed by atoms with Gasteiger partial charge in [-0.2, -0.15) is 0 Å². The molecule has 2 rings (SSSR count). The molecular formula is C16H26N2O2. The van der Waals surface area contributed by atoms with Crippen molar-refractivity contribution in [3.8, 4) is 0 Å². The predicted molar refractivity (Wildman–Crippen MR) is 79.2 cm³/mol. The van der Waals surface area contributed by atoms with E-state index in [1.165, 1.54) is 32.1 Å². The van der Waals surface area contributed by atoms with Gasteiger partial charge in [-0.05, 0) is 43.7 Å². The van der Waals surface area contributed by atoms with Gasteiger partial charge in [-0.15, -0.1) is 0 Å². The van der Waals surface area contributed by atoms with Crippen LogP contribution in [-0.2, 0) is 11.3 Å². The Morgan fingerprint density at radius 2 is 2.20 bits per heavy atom. The standard InChI is InChI=1S/C16H26N2O2/c1-3-16(8-4-5-9-16)12-18-13(2)15(19)17-11-14-7-6-10-20-14/h6-7,10,13,18H,3-5,8-9,11-12H2,1-2H3,(H,17,19). The molecule has 1 aliphatic rings. The maximum atomic E-state index is 12.0. The van der Waals surface area contributed by atoms with E-state index in [9.17, 15) is 4.79 Å². The molecule has 0 saturated heterocycles. The second-order valence-corrected chi connectivity index (χ2v) is 5.96. The highest BCUT2D eigenvalue weighted by molar-refractivity contribution is 5.81. The Morgan fingerprint density at radius 3 is 2.80 bits per heavy atom. The summed E-state index contributed by atoms with van der Waals surface area (Å²) < 4.78 is 5.20. The SMILES string of the molecule is CCC1(CNC(C)C(=O)NCc2ccco2)CCCC1. The lowest BCUT2D eigenvalue weighted by molar-refractivity contribution is -0.123. The highest BCUT2D eigenvalue weighted by Gasteiger charge is 2.32. The van der Waals surface area contributed by atoms with Crippen LogP contribution in [0.25, 0.3) is 0 Å². The Hall–Kier alpha value is -1.29. The highest BCUT2D eigenvalue weighted by Crippen LogP contribution is 2.40. The van der Waals surface area contributed by atoms with E-state index in [-0.39, 0.29) is 11.9 Å². The van der Waals surface area contributed by atoms with Gasteiger partial charge in [0.05, 0.1) is 18.8 Å². The topological polar surface area (TPSA) is 54.3 Å². The number of hydrogen-bond acceptors (Lipinski definition) is 3. The molecule has 0 spiro atoms. The largest absolute Gasteiger partial charge is 0.467 e. The molecule has 112 valence electrons. The van der Waals surface area contributed by atoms with Crippen LogP contribution in [0, 0.1) is 5.41 Å². The number of nitrogens with one attached hydrogen (secondary N) is 2. The van der Waals surface area contributed by atoms with Crippen LogP contribution in [0.15, 0.2) is 22.8 Å². The average molecular weight is 278 g/mol. The molecule has 2 N–H and O–H groups in total. The molecule has 1 atom stereocenters. The highest BCUT2D eigenvalue weighted by atomic mass is 16.3. The molecule has 0 radical (unpaired) electrons. The van der Waals surface area contributed by atoms with Gasteiger partial charge >= 0.3 is 0 Å². The first-order valence-electron chi connectivity index (χ1n) is 7.69. The summed E-state index contributed by atoms with van der Waals surface area (Å²) in [6.07, 6.45) is 8.05. The number of furan rings is 1. The Kier molecular flexibility index (Phi) is 5.24. The monoisotopic (exact) mass is 278 g/mol. The minimum atomic E-state index is -0.158. The van der Waals surface area contributed by atoms with Crippen LogP contribution >= 0.6 is 0 Å². The van der Waals surface area contributed by atoms with Crippen molar-refractivity contribution in [2.24, 2.45) is 5.41 Å². The van der Waals surface area contributed by atoms with Crippen LogP contribution in [-0.4, -0.2) is 18.5 Å². The van der Waals surface area contributed by atoms with E-state index >= 15 is 0 Å². The van der Waals surface area contributed by atoms with Gasteiger partial charge in [0.2, 0.25) is 5.91 Å². The van der Waals surface area contributed by atoms with Crippen LogP contribution in [0.2, 0.25) is 0 Å². The zero-order valence-corrected chi connectivity index (χ0v) is 12.6. The molecule has 1 heterocycles. The van der Waals surface area contributed by atoms with Crippen molar-refractivity contribution in [3.63, 3.8) is 0 Å². The third-order valence-electron chi connectivity index (χ3n) is 4.61. The van der Waals surface area contributed by atoms with Gasteiger partial charge in [-0.1, -0.05) is 19.8 Å². The van der Waals surface area contributed by atoms with Crippen molar-refractivity contribution in [2.45, 2.75) is 58.5 Å². The van der Waals surface area contributed by atoms with E-state index in [1.54, 1.807) is 6.26 Å². The predicted octanol–water partition coefficient (Wildman–Crippen LogP) is 2.84. The molecule has 1 saturated carbocycles. The van der Waals surface area contributed by atoms with E-state index in [4.69, 9.17) is 4.42 Å². The minimum absolute atomic E-state index is 0.0330. The fraction of sp³-hybridized carbons (Fsp3) is 0.688. The summed E-state index contributed by atoms with van der Waals surface area (Å²) in [4.78, 5) is 12.0. The number of hydrogen-bond donors (Lipinski definition) is 2. The summed E-state index contributed by atoms with van der Waals surface area (Å²) in [6, 6.07) is 3.53. The molecule has 1 aromatic rings. The van der Waals surface area contributed by atoms with Gasteiger partial charge in [0.25, 0.3) is 0 Å². The first kappa shape index (κ1) is 15.1. The average Bonchev–Trinajstić information content (AvgIpc) is 3.14. The molecule has 1 aromatic heterocycles. The zero-order valence-electron chi connectivity index (χ0n) is 12.6. The Labute approximate surface area is 121 Å². The van der Waals surface area contributed by atoms with Crippen LogP contribution in [0.3, 0.4) is 0 Å². The molecule has 20 heavy (non-hydrogen) atoms. The Morgan fingerprint density at radius 1 is 1.45 bits per heavy atom. The number of carbonyl (C=O) groups is 1. The summed E-state index contributed by atoms with van der Waals surface area (Å²) >= 11 is 0. The van der Waals surface area contributed by atoms with Crippen molar-refractivity contribution in [1.82, 2.24) is 10.6 Å². The van der Waals surface area contributed by atoms with Gasteiger partial charge in [0, 0.05) is 6.54 Å². The van der Waals surface area contributed by atoms with Crippen LogP contribution in [0.5, 0.6) is 0 Å². The second-order valence-electron chi connectivity index (χ2n) is 5.96. The fourth-order valence-corrected chi connectivity index (χ4v) is 2.98. The van der Waals surface area contributed by atoms with Crippen molar-refractivity contribution < 1.29 is 9.21 Å². The van der Waals surface area contributed by atoms with Crippen molar-refractivity contribution >= 4 is 5.91 Å². The second kappa shape index (κ2) is 6.93. The molecule has 0 aromatic carbocycles. The van der Waals surface area contributed by atoms with Crippen LogP contribution < -0.4 is 10.6 Å². The molecule has 1 amide bonds. The molecule has 0 aliphatic heterocycles. The Bertz CT molecular complexity index is 408. The normalized spacial score (nSPS) is 18.9. The van der Waals surface area contributed by atoms with E-state index < -0.39 is 0 Å².